The van der Waals surface area contributed by atoms with E-state index < -0.39 is 6.10 Å². The van der Waals surface area contributed by atoms with Gasteiger partial charge in [0.05, 0.1) is 0 Å². The molecule has 0 aliphatic carbocycles. The molecule has 0 aliphatic rings. The monoisotopic (exact) mass is 843 g/mol. The molecule has 0 saturated heterocycles. The van der Waals surface area contributed by atoms with Crippen molar-refractivity contribution in [3.63, 3.8) is 0 Å². The molecule has 60 heavy (non-hydrogen) atoms. The van der Waals surface area contributed by atoms with Crippen molar-refractivity contribution in [2.24, 2.45) is 0 Å². The number of carbonyl (C=O) groups excluding carboxylic acids is 3. The summed E-state index contributed by atoms with van der Waals surface area (Å²) in [5.41, 5.74) is 0. The van der Waals surface area contributed by atoms with Crippen molar-refractivity contribution in [1.29, 1.82) is 0 Å². The maximum Gasteiger partial charge on any atom is 0.306 e. The highest BCUT2D eigenvalue weighted by Gasteiger charge is 2.19. The zero-order valence-electron chi connectivity index (χ0n) is 40.0. The summed E-state index contributed by atoms with van der Waals surface area (Å²) in [6.45, 7) is 6.50. The average molecular weight is 843 g/mol. The van der Waals surface area contributed by atoms with E-state index in [-0.39, 0.29) is 31.1 Å². The van der Waals surface area contributed by atoms with Crippen LogP contribution in [0.2, 0.25) is 0 Å². The third-order valence-electron chi connectivity index (χ3n) is 11.4. The molecule has 0 aliphatic heterocycles. The summed E-state index contributed by atoms with van der Waals surface area (Å²) in [5, 5.41) is 0. The van der Waals surface area contributed by atoms with Crippen LogP contribution < -0.4 is 0 Å². The minimum atomic E-state index is -0.771. The Morgan fingerprint density at radius 2 is 0.650 bits per heavy atom. The first kappa shape index (κ1) is 57.6. The smallest absolute Gasteiger partial charge is 0.306 e. The molecular weight excluding hydrogens is 745 g/mol. The van der Waals surface area contributed by atoms with Gasteiger partial charge in [-0.3, -0.25) is 14.4 Å². The Balaban J connectivity index is 4.22. The van der Waals surface area contributed by atoms with Gasteiger partial charge >= 0.3 is 17.9 Å². The van der Waals surface area contributed by atoms with E-state index in [1.165, 1.54) is 148 Å². The Bertz CT molecular complexity index is 1020. The van der Waals surface area contributed by atoms with Gasteiger partial charge in [-0.25, -0.2) is 0 Å². The third-order valence-corrected chi connectivity index (χ3v) is 11.4. The number of hydrogen-bond acceptors (Lipinski definition) is 6. The maximum absolute atomic E-state index is 12.8. The molecule has 0 heterocycles. The van der Waals surface area contributed by atoms with Crippen LogP contribution in [0.25, 0.3) is 0 Å². The fraction of sp³-hybridized carbons (Fsp3) is 0.833. The minimum Gasteiger partial charge on any atom is -0.462 e. The number of rotatable bonds is 47. The van der Waals surface area contributed by atoms with Crippen molar-refractivity contribution >= 4 is 17.9 Å². The summed E-state index contributed by atoms with van der Waals surface area (Å²) in [5.74, 6) is -0.878. The molecule has 0 aromatic rings. The van der Waals surface area contributed by atoms with Gasteiger partial charge in [0.15, 0.2) is 6.10 Å². The number of allylic oxidation sites excluding steroid dienone is 6. The zero-order valence-corrected chi connectivity index (χ0v) is 40.0. The summed E-state index contributed by atoms with van der Waals surface area (Å²) >= 11 is 0. The lowest BCUT2D eigenvalue weighted by molar-refractivity contribution is -0.167. The Kier molecular flexibility index (Phi) is 47.3. The first-order valence-electron chi connectivity index (χ1n) is 26.0. The molecule has 0 amide bonds. The van der Waals surface area contributed by atoms with Gasteiger partial charge < -0.3 is 14.2 Å². The summed E-state index contributed by atoms with van der Waals surface area (Å²) < 4.78 is 16.7. The lowest BCUT2D eigenvalue weighted by Gasteiger charge is -2.18. The van der Waals surface area contributed by atoms with Gasteiger partial charge in [0.2, 0.25) is 0 Å². The normalized spacial score (nSPS) is 12.2. The molecule has 0 N–H and O–H groups in total. The molecule has 0 saturated carbocycles. The van der Waals surface area contributed by atoms with E-state index in [0.717, 1.165) is 83.5 Å². The Hall–Kier alpha value is -2.37. The summed E-state index contributed by atoms with van der Waals surface area (Å²) in [6, 6.07) is 0. The van der Waals surface area contributed by atoms with Crippen LogP contribution in [0, 0.1) is 0 Å². The van der Waals surface area contributed by atoms with Crippen molar-refractivity contribution in [3.05, 3.63) is 36.5 Å². The molecule has 0 fully saturated rings. The quantitative estimate of drug-likeness (QED) is 0.0263. The fourth-order valence-corrected chi connectivity index (χ4v) is 7.52. The number of ether oxygens (including phenoxy) is 3. The maximum atomic E-state index is 12.8. The molecule has 6 heteroatoms. The van der Waals surface area contributed by atoms with Crippen molar-refractivity contribution < 1.29 is 28.6 Å². The van der Waals surface area contributed by atoms with Crippen LogP contribution in [0.1, 0.15) is 271 Å². The second-order valence-corrected chi connectivity index (χ2v) is 17.4. The van der Waals surface area contributed by atoms with E-state index in [9.17, 15) is 14.4 Å². The molecule has 0 radical (unpaired) electrons. The van der Waals surface area contributed by atoms with E-state index in [2.05, 4.69) is 57.2 Å². The van der Waals surface area contributed by atoms with Crippen LogP contribution >= 0.6 is 0 Å². The van der Waals surface area contributed by atoms with Crippen molar-refractivity contribution in [3.8, 4) is 0 Å². The first-order chi connectivity index (χ1) is 29.5. The van der Waals surface area contributed by atoms with Crippen LogP contribution in [0.3, 0.4) is 0 Å². The molecular formula is C54H98O6. The second kappa shape index (κ2) is 49.3. The summed E-state index contributed by atoms with van der Waals surface area (Å²) in [4.78, 5) is 37.8. The molecule has 6 nitrogen and oxygen atoms in total. The average Bonchev–Trinajstić information content (AvgIpc) is 3.24. The lowest BCUT2D eigenvalue weighted by Crippen LogP contribution is -2.30. The molecule has 0 spiro atoms. The standard InChI is InChI=1S/C54H98O6/c1-4-7-10-13-16-18-20-22-24-26-28-29-31-33-35-38-41-44-47-53(56)59-50-51(49-58-52(55)46-43-40-37-15-12-9-6-3)60-54(57)48-45-42-39-36-34-32-30-27-25-23-21-19-17-14-11-8-5-2/h8,11,17,19,23,25,51H,4-7,9-10,12-16,18,20-22,24,26-50H2,1-3H3/b11-8-,19-17-,25-23-. The molecule has 0 bridgehead atoms. The predicted octanol–water partition coefficient (Wildman–Crippen LogP) is 16.9. The van der Waals surface area contributed by atoms with Crippen molar-refractivity contribution in [2.75, 3.05) is 13.2 Å². The van der Waals surface area contributed by atoms with Crippen LogP contribution in [0.4, 0.5) is 0 Å². The molecule has 1 atom stereocenters. The Morgan fingerprint density at radius 3 is 1.02 bits per heavy atom. The van der Waals surface area contributed by atoms with E-state index in [0.29, 0.717) is 19.3 Å². The van der Waals surface area contributed by atoms with Crippen LogP contribution in [-0.2, 0) is 28.6 Å². The largest absolute Gasteiger partial charge is 0.462 e. The number of carbonyl (C=O) groups is 3. The Labute approximate surface area is 372 Å². The highest BCUT2D eigenvalue weighted by Crippen LogP contribution is 2.16. The van der Waals surface area contributed by atoms with Crippen molar-refractivity contribution in [1.82, 2.24) is 0 Å². The van der Waals surface area contributed by atoms with Gasteiger partial charge in [0.1, 0.15) is 13.2 Å². The zero-order chi connectivity index (χ0) is 43.7. The van der Waals surface area contributed by atoms with E-state index in [4.69, 9.17) is 14.2 Å². The number of hydrogen-bond donors (Lipinski definition) is 0. The number of esters is 3. The number of unbranched alkanes of at least 4 members (excludes halogenated alkanes) is 30. The Morgan fingerprint density at radius 1 is 0.350 bits per heavy atom. The highest BCUT2D eigenvalue weighted by atomic mass is 16.6. The van der Waals surface area contributed by atoms with Gasteiger partial charge in [0.25, 0.3) is 0 Å². The highest BCUT2D eigenvalue weighted by molar-refractivity contribution is 5.71. The second-order valence-electron chi connectivity index (χ2n) is 17.4. The molecule has 0 rings (SSSR count). The topological polar surface area (TPSA) is 78.9 Å². The molecule has 350 valence electrons. The van der Waals surface area contributed by atoms with E-state index in [1.54, 1.807) is 0 Å². The summed E-state index contributed by atoms with van der Waals surface area (Å²) in [6.07, 6.45) is 57.2. The van der Waals surface area contributed by atoms with Crippen LogP contribution in [0.15, 0.2) is 36.5 Å². The van der Waals surface area contributed by atoms with Gasteiger partial charge in [0, 0.05) is 19.3 Å². The lowest BCUT2D eigenvalue weighted by atomic mass is 10.0. The SMILES string of the molecule is CC/C=C\C/C=C\C/C=C\CCCCCCCCCC(=O)OC(COC(=O)CCCCCCCCC)COC(=O)CCCCCCCCCCCCCCCCCCCC. The van der Waals surface area contributed by atoms with Crippen LogP contribution in [-0.4, -0.2) is 37.2 Å². The summed E-state index contributed by atoms with van der Waals surface area (Å²) in [7, 11) is 0. The minimum absolute atomic E-state index is 0.0726. The van der Waals surface area contributed by atoms with Gasteiger partial charge in [-0.2, -0.15) is 0 Å². The van der Waals surface area contributed by atoms with Gasteiger partial charge in [-0.15, -0.1) is 0 Å². The van der Waals surface area contributed by atoms with Crippen LogP contribution in [0.5, 0.6) is 0 Å². The van der Waals surface area contributed by atoms with Crippen molar-refractivity contribution in [2.45, 2.75) is 277 Å². The molecule has 0 aromatic carbocycles. The van der Waals surface area contributed by atoms with E-state index in [1.807, 2.05) is 0 Å². The third kappa shape index (κ3) is 46.7. The molecule has 1 unspecified atom stereocenters. The first-order valence-corrected chi connectivity index (χ1v) is 26.0. The predicted molar refractivity (Wildman–Crippen MR) is 256 cm³/mol. The van der Waals surface area contributed by atoms with E-state index >= 15 is 0 Å². The molecule has 0 aromatic heterocycles. The van der Waals surface area contributed by atoms with Gasteiger partial charge in [-0.1, -0.05) is 237 Å². The fourth-order valence-electron chi connectivity index (χ4n) is 7.52. The van der Waals surface area contributed by atoms with Gasteiger partial charge in [-0.05, 0) is 51.4 Å².